The van der Waals surface area contributed by atoms with Gasteiger partial charge in [0.05, 0.1) is 0 Å². The summed E-state index contributed by atoms with van der Waals surface area (Å²) in [5.41, 5.74) is 3.50. The molecule has 0 aliphatic heterocycles. The Kier molecular flexibility index (Phi) is 8.50. The number of esters is 1. The van der Waals surface area contributed by atoms with Gasteiger partial charge < -0.3 is 14.6 Å². The molecule has 0 aromatic heterocycles. The maximum atomic E-state index is 14.1. The van der Waals surface area contributed by atoms with Crippen molar-refractivity contribution in [2.45, 2.75) is 27.1 Å². The summed E-state index contributed by atoms with van der Waals surface area (Å²) in [6, 6.07) is 13.6. The molecule has 5 heteroatoms. The molecular formula is C27H27FO4. The molecule has 166 valence electrons. The van der Waals surface area contributed by atoms with Crippen LogP contribution < -0.4 is 9.47 Å². The molecule has 4 nitrogen and oxygen atoms in total. The van der Waals surface area contributed by atoms with E-state index >= 15 is 0 Å². The van der Waals surface area contributed by atoms with Crippen molar-refractivity contribution in [3.8, 4) is 11.5 Å². The lowest BCUT2D eigenvalue weighted by molar-refractivity contribution is -0.130. The van der Waals surface area contributed by atoms with E-state index in [0.717, 1.165) is 11.1 Å². The van der Waals surface area contributed by atoms with Gasteiger partial charge in [0.15, 0.2) is 0 Å². The maximum Gasteiger partial charge on any atom is 0.338 e. The van der Waals surface area contributed by atoms with Gasteiger partial charge in [-0.3, -0.25) is 0 Å². The molecule has 1 atom stereocenters. The highest BCUT2D eigenvalue weighted by atomic mass is 19.1. The van der Waals surface area contributed by atoms with Crippen LogP contribution in [0.15, 0.2) is 97.4 Å². The first kappa shape index (κ1) is 24.6. The maximum absolute atomic E-state index is 14.1. The van der Waals surface area contributed by atoms with Gasteiger partial charge in [0.25, 0.3) is 0 Å². The lowest BCUT2D eigenvalue weighted by Crippen LogP contribution is -2.15. The van der Waals surface area contributed by atoms with Gasteiger partial charge in [-0.15, -0.1) is 0 Å². The van der Waals surface area contributed by atoms with Crippen LogP contribution in [0, 0.1) is 0 Å². The smallest absolute Gasteiger partial charge is 0.338 e. The van der Waals surface area contributed by atoms with Crippen LogP contribution in [0.4, 0.5) is 4.39 Å². The highest BCUT2D eigenvalue weighted by molar-refractivity contribution is 5.88. The van der Waals surface area contributed by atoms with Gasteiger partial charge in [0.1, 0.15) is 17.3 Å². The molecule has 0 amide bonds. The molecule has 1 N–H and O–H groups in total. The lowest BCUT2D eigenvalue weighted by Gasteiger charge is -2.13. The summed E-state index contributed by atoms with van der Waals surface area (Å²) in [5.74, 6) is -0.203. The number of ether oxygens (including phenoxy) is 2. The minimum atomic E-state index is -1.10. The highest BCUT2D eigenvalue weighted by Gasteiger charge is 2.09. The Morgan fingerprint density at radius 3 is 1.94 bits per heavy atom. The van der Waals surface area contributed by atoms with Crippen LogP contribution in [-0.2, 0) is 4.79 Å². The SMILES string of the molecule is C=C(C)C(=O)Oc1ccc(/C(C)=C/C=C(\C(=C)F)c2ccc(OC(O)C(=C)C)cc2)cc1. The first-order chi connectivity index (χ1) is 15.1. The number of allylic oxidation sites excluding steroid dienone is 5. The average Bonchev–Trinajstić information content (AvgIpc) is 2.74. The Labute approximate surface area is 188 Å². The van der Waals surface area contributed by atoms with Gasteiger partial charge in [0, 0.05) is 11.1 Å². The summed E-state index contributed by atoms with van der Waals surface area (Å²) in [5, 5.41) is 9.74. The van der Waals surface area contributed by atoms with Crippen molar-refractivity contribution in [2.75, 3.05) is 0 Å². The number of carbonyl (C=O) groups excluding carboxylic acids is 1. The first-order valence-electron chi connectivity index (χ1n) is 9.90. The fraction of sp³-hybridized carbons (Fsp3) is 0.148. The fourth-order valence-corrected chi connectivity index (χ4v) is 2.57. The minimum Gasteiger partial charge on any atom is -0.461 e. The number of rotatable bonds is 9. The molecule has 2 aromatic carbocycles. The van der Waals surface area contributed by atoms with Crippen LogP contribution in [0.1, 0.15) is 31.9 Å². The monoisotopic (exact) mass is 434 g/mol. The topological polar surface area (TPSA) is 55.8 Å². The van der Waals surface area contributed by atoms with E-state index in [1.54, 1.807) is 62.4 Å². The molecule has 0 bridgehead atoms. The second-order valence-corrected chi connectivity index (χ2v) is 7.37. The van der Waals surface area contributed by atoms with Crippen LogP contribution >= 0.6 is 0 Å². The van der Waals surface area contributed by atoms with Gasteiger partial charge in [-0.1, -0.05) is 56.2 Å². The molecule has 2 aromatic rings. The van der Waals surface area contributed by atoms with Crippen LogP contribution in [-0.4, -0.2) is 17.4 Å². The first-order valence-corrected chi connectivity index (χ1v) is 9.90. The van der Waals surface area contributed by atoms with Crippen molar-refractivity contribution in [3.05, 3.63) is 109 Å². The van der Waals surface area contributed by atoms with Crippen molar-refractivity contribution in [1.29, 1.82) is 0 Å². The van der Waals surface area contributed by atoms with Crippen LogP contribution in [0.5, 0.6) is 11.5 Å². The molecule has 0 radical (unpaired) electrons. The molecule has 0 fully saturated rings. The van der Waals surface area contributed by atoms with E-state index in [9.17, 15) is 14.3 Å². The summed E-state index contributed by atoms with van der Waals surface area (Å²) < 4.78 is 24.7. The Bertz CT molecular complexity index is 1070. The number of hydrogen-bond donors (Lipinski definition) is 1. The number of benzene rings is 2. The van der Waals surface area contributed by atoms with Crippen LogP contribution in [0.25, 0.3) is 11.1 Å². The Morgan fingerprint density at radius 1 is 0.906 bits per heavy atom. The minimum absolute atomic E-state index is 0.320. The highest BCUT2D eigenvalue weighted by Crippen LogP contribution is 2.27. The summed E-state index contributed by atoms with van der Waals surface area (Å²) >= 11 is 0. The Hall–Kier alpha value is -3.70. The van der Waals surface area contributed by atoms with E-state index in [-0.39, 0.29) is 0 Å². The van der Waals surface area contributed by atoms with Crippen molar-refractivity contribution in [1.82, 2.24) is 0 Å². The largest absolute Gasteiger partial charge is 0.461 e. The Balaban J connectivity index is 2.19. The molecule has 0 aliphatic carbocycles. The third kappa shape index (κ3) is 6.93. The number of aliphatic hydroxyl groups is 1. The Morgan fingerprint density at radius 2 is 1.44 bits per heavy atom. The normalized spacial score (nSPS) is 12.7. The number of aliphatic hydroxyl groups excluding tert-OH is 1. The van der Waals surface area contributed by atoms with E-state index in [4.69, 9.17) is 9.47 Å². The van der Waals surface area contributed by atoms with Crippen molar-refractivity contribution in [3.63, 3.8) is 0 Å². The quantitative estimate of drug-likeness (QED) is 0.124. The van der Waals surface area contributed by atoms with Crippen molar-refractivity contribution < 1.29 is 23.8 Å². The summed E-state index contributed by atoms with van der Waals surface area (Å²) in [6.07, 6.45) is 2.32. The van der Waals surface area contributed by atoms with Gasteiger partial charge in [-0.05, 0) is 67.3 Å². The van der Waals surface area contributed by atoms with Crippen molar-refractivity contribution >= 4 is 17.1 Å². The van der Waals surface area contributed by atoms with E-state index < -0.39 is 18.1 Å². The summed E-state index contributed by atoms with van der Waals surface area (Å²) in [6.45, 7) is 15.7. The van der Waals surface area contributed by atoms with Crippen LogP contribution in [0.3, 0.4) is 0 Å². The van der Waals surface area contributed by atoms with Gasteiger partial charge in [-0.2, -0.15) is 0 Å². The molecular weight excluding hydrogens is 407 g/mol. The zero-order valence-electron chi connectivity index (χ0n) is 18.5. The predicted octanol–water partition coefficient (Wildman–Crippen LogP) is 6.41. The van der Waals surface area contributed by atoms with Gasteiger partial charge in [-0.25, -0.2) is 9.18 Å². The predicted molar refractivity (Wildman–Crippen MR) is 127 cm³/mol. The fourth-order valence-electron chi connectivity index (χ4n) is 2.57. The standard InChI is InChI=1S/C27H27FO4/c1-17(2)26(29)31-23-12-8-21(9-13-23)19(5)7-16-25(20(6)28)22-10-14-24(15-11-22)32-27(30)18(3)4/h7-16,27,30H,1,3,6H2,2,4-5H3/b19-7+,25-16+. The lowest BCUT2D eigenvalue weighted by atomic mass is 10.0. The molecule has 0 heterocycles. The molecule has 1 unspecified atom stereocenters. The number of hydrogen-bond acceptors (Lipinski definition) is 4. The van der Waals surface area contributed by atoms with E-state index in [0.29, 0.717) is 33.8 Å². The second kappa shape index (κ2) is 11.1. The van der Waals surface area contributed by atoms with Gasteiger partial charge >= 0.3 is 5.97 Å². The molecule has 0 saturated carbocycles. The molecule has 32 heavy (non-hydrogen) atoms. The third-order valence-electron chi connectivity index (χ3n) is 4.50. The van der Waals surface area contributed by atoms with Gasteiger partial charge in [0.2, 0.25) is 6.29 Å². The number of halogens is 1. The van der Waals surface area contributed by atoms with Crippen molar-refractivity contribution in [2.24, 2.45) is 0 Å². The molecule has 2 rings (SSSR count). The molecule has 0 spiro atoms. The van der Waals surface area contributed by atoms with Crippen LogP contribution in [0.2, 0.25) is 0 Å². The molecule has 0 aliphatic rings. The third-order valence-corrected chi connectivity index (χ3v) is 4.50. The zero-order valence-corrected chi connectivity index (χ0v) is 18.5. The number of carbonyl (C=O) groups is 1. The zero-order chi connectivity index (χ0) is 23.8. The molecule has 0 saturated heterocycles. The summed E-state index contributed by atoms with van der Waals surface area (Å²) in [4.78, 5) is 11.6. The van der Waals surface area contributed by atoms with E-state index in [1.165, 1.54) is 0 Å². The summed E-state index contributed by atoms with van der Waals surface area (Å²) in [7, 11) is 0. The van der Waals surface area contributed by atoms with E-state index in [2.05, 4.69) is 19.7 Å². The second-order valence-electron chi connectivity index (χ2n) is 7.37. The average molecular weight is 435 g/mol. The van der Waals surface area contributed by atoms with E-state index in [1.807, 2.05) is 19.1 Å².